The molecule has 6 heteroatoms. The van der Waals surface area contributed by atoms with Crippen LogP contribution in [0.1, 0.15) is 40.5 Å². The van der Waals surface area contributed by atoms with E-state index in [1.807, 2.05) is 13.8 Å². The lowest BCUT2D eigenvalue weighted by molar-refractivity contribution is -0.136. The predicted molar refractivity (Wildman–Crippen MR) is 100.0 cm³/mol. The quantitative estimate of drug-likeness (QED) is 0.794. The number of hydrogen-bond acceptors (Lipinski definition) is 3. The van der Waals surface area contributed by atoms with Crippen molar-refractivity contribution in [1.29, 1.82) is 0 Å². The van der Waals surface area contributed by atoms with Crippen LogP contribution in [0, 0.1) is 11.8 Å². The zero-order valence-electron chi connectivity index (χ0n) is 15.3. The molecule has 1 aliphatic rings. The fraction of sp³-hybridized carbons (Fsp3) is 0.579. The molecule has 5 nitrogen and oxygen atoms in total. The van der Waals surface area contributed by atoms with Crippen LogP contribution in [0.3, 0.4) is 0 Å². The summed E-state index contributed by atoms with van der Waals surface area (Å²) in [5.74, 6) is 0.899. The van der Waals surface area contributed by atoms with Gasteiger partial charge in [0.15, 0.2) is 0 Å². The second kappa shape index (κ2) is 8.56. The number of nitrogens with zero attached hydrogens (tertiary/aromatic N) is 1. The summed E-state index contributed by atoms with van der Waals surface area (Å²) in [5.41, 5.74) is 0.601. The van der Waals surface area contributed by atoms with Gasteiger partial charge in [-0.05, 0) is 36.5 Å². The van der Waals surface area contributed by atoms with E-state index >= 15 is 0 Å². The molecule has 138 valence electrons. The van der Waals surface area contributed by atoms with Gasteiger partial charge in [0.1, 0.15) is 11.8 Å². The molecule has 0 aliphatic carbocycles. The molecule has 1 heterocycles. The Balaban J connectivity index is 2.07. The minimum atomic E-state index is -0.467. The molecule has 1 fully saturated rings. The van der Waals surface area contributed by atoms with E-state index in [4.69, 9.17) is 16.3 Å². The molecular weight excluding hydrogens is 340 g/mol. The van der Waals surface area contributed by atoms with Gasteiger partial charge in [-0.3, -0.25) is 9.59 Å². The number of carbonyl (C=O) groups is 2. The number of benzene rings is 1. The van der Waals surface area contributed by atoms with E-state index in [2.05, 4.69) is 19.2 Å². The first-order valence-electron chi connectivity index (χ1n) is 8.82. The highest BCUT2D eigenvalue weighted by Crippen LogP contribution is 2.29. The third kappa shape index (κ3) is 5.11. The smallest absolute Gasteiger partial charge is 0.247 e. The number of hydrogen-bond donors (Lipinski definition) is 1. The Morgan fingerprint density at radius 2 is 2.04 bits per heavy atom. The predicted octanol–water partition coefficient (Wildman–Crippen LogP) is 3.96. The van der Waals surface area contributed by atoms with Crippen molar-refractivity contribution in [1.82, 2.24) is 4.90 Å². The maximum atomic E-state index is 12.7. The monoisotopic (exact) mass is 366 g/mol. The van der Waals surface area contributed by atoms with Gasteiger partial charge in [-0.25, -0.2) is 0 Å². The maximum Gasteiger partial charge on any atom is 0.247 e. The molecule has 1 aliphatic heterocycles. The molecule has 1 aromatic carbocycles. The van der Waals surface area contributed by atoms with Crippen molar-refractivity contribution in [3.05, 3.63) is 23.2 Å². The number of likely N-dealkylation sites (tertiary alicyclic amines) is 1. The van der Waals surface area contributed by atoms with Gasteiger partial charge >= 0.3 is 0 Å². The van der Waals surface area contributed by atoms with E-state index in [0.717, 1.165) is 6.42 Å². The van der Waals surface area contributed by atoms with Crippen molar-refractivity contribution in [2.75, 3.05) is 18.5 Å². The first-order chi connectivity index (χ1) is 11.8. The van der Waals surface area contributed by atoms with E-state index in [9.17, 15) is 9.59 Å². The number of rotatable bonds is 7. The summed E-state index contributed by atoms with van der Waals surface area (Å²) in [6, 6.07) is 4.73. The Kier molecular flexibility index (Phi) is 6.71. The van der Waals surface area contributed by atoms with Crippen LogP contribution >= 0.6 is 11.6 Å². The fourth-order valence-electron chi connectivity index (χ4n) is 2.94. The summed E-state index contributed by atoms with van der Waals surface area (Å²) < 4.78 is 5.64. The molecule has 2 amide bonds. The number of ether oxygens (including phenoxy) is 1. The minimum Gasteiger partial charge on any atom is -0.492 e. The second-order valence-electron chi connectivity index (χ2n) is 7.22. The molecule has 1 saturated heterocycles. The number of anilines is 1. The van der Waals surface area contributed by atoms with E-state index in [1.165, 1.54) is 0 Å². The Labute approximate surface area is 154 Å². The molecule has 0 radical (unpaired) electrons. The normalized spacial score (nSPS) is 15.8. The lowest BCUT2D eigenvalue weighted by atomic mass is 10.0. The lowest BCUT2D eigenvalue weighted by Crippen LogP contribution is -2.47. The number of amides is 2. The molecule has 0 spiro atoms. The highest BCUT2D eigenvalue weighted by molar-refractivity contribution is 6.32. The van der Waals surface area contributed by atoms with Crippen LogP contribution in [0.15, 0.2) is 18.2 Å². The molecule has 1 aromatic rings. The Bertz CT molecular complexity index is 631. The van der Waals surface area contributed by atoms with Crippen LogP contribution < -0.4 is 10.1 Å². The van der Waals surface area contributed by atoms with Crippen molar-refractivity contribution in [3.8, 4) is 5.75 Å². The van der Waals surface area contributed by atoms with Crippen molar-refractivity contribution in [2.45, 2.75) is 46.6 Å². The maximum absolute atomic E-state index is 12.7. The summed E-state index contributed by atoms with van der Waals surface area (Å²) in [6.07, 6.45) is 1.33. The van der Waals surface area contributed by atoms with Crippen molar-refractivity contribution in [3.63, 3.8) is 0 Å². The summed E-state index contributed by atoms with van der Waals surface area (Å²) in [4.78, 5) is 26.4. The van der Waals surface area contributed by atoms with Gasteiger partial charge in [0, 0.05) is 18.7 Å². The average molecular weight is 367 g/mol. The average Bonchev–Trinajstić information content (AvgIpc) is 2.92. The first kappa shape index (κ1) is 19.6. The molecule has 0 aromatic heterocycles. The molecule has 0 unspecified atom stereocenters. The van der Waals surface area contributed by atoms with Gasteiger partial charge in [0.2, 0.25) is 11.8 Å². The van der Waals surface area contributed by atoms with Crippen molar-refractivity contribution < 1.29 is 14.3 Å². The summed E-state index contributed by atoms with van der Waals surface area (Å²) in [5, 5.41) is 3.34. The molecular formula is C19H27ClN2O3. The zero-order chi connectivity index (χ0) is 18.6. The first-order valence-corrected chi connectivity index (χ1v) is 9.20. The number of nitrogens with one attached hydrogen (secondary N) is 1. The second-order valence-corrected chi connectivity index (χ2v) is 7.63. The van der Waals surface area contributed by atoms with E-state index in [0.29, 0.717) is 41.9 Å². The molecule has 25 heavy (non-hydrogen) atoms. The Hall–Kier alpha value is -1.75. The van der Waals surface area contributed by atoms with Gasteiger partial charge in [0.25, 0.3) is 0 Å². The highest BCUT2D eigenvalue weighted by Gasteiger charge is 2.34. The van der Waals surface area contributed by atoms with Crippen molar-refractivity contribution in [2.24, 2.45) is 11.8 Å². The number of halogens is 1. The SMILES string of the molecule is CC(C)COc1ccc(NC(=O)[C@@H](C(C)C)N2CCCC2=O)cc1Cl. The van der Waals surface area contributed by atoms with Gasteiger partial charge in [-0.2, -0.15) is 0 Å². The molecule has 0 bridgehead atoms. The largest absolute Gasteiger partial charge is 0.492 e. The minimum absolute atomic E-state index is 0.0335. The van der Waals surface area contributed by atoms with Crippen LogP contribution in [-0.4, -0.2) is 35.9 Å². The third-order valence-corrected chi connectivity index (χ3v) is 4.41. The summed E-state index contributed by atoms with van der Waals surface area (Å²) in [7, 11) is 0. The van der Waals surface area contributed by atoms with Gasteiger partial charge in [0.05, 0.1) is 11.6 Å². The Morgan fingerprint density at radius 3 is 2.56 bits per heavy atom. The fourth-order valence-corrected chi connectivity index (χ4v) is 3.17. The topological polar surface area (TPSA) is 58.6 Å². The lowest BCUT2D eigenvalue weighted by Gasteiger charge is -2.29. The molecule has 2 rings (SSSR count). The summed E-state index contributed by atoms with van der Waals surface area (Å²) >= 11 is 6.25. The van der Waals surface area contributed by atoms with Crippen molar-refractivity contribution >= 4 is 29.1 Å². The number of carbonyl (C=O) groups excluding carboxylic acids is 2. The highest BCUT2D eigenvalue weighted by atomic mass is 35.5. The van der Waals surface area contributed by atoms with E-state index in [1.54, 1.807) is 23.1 Å². The van der Waals surface area contributed by atoms with Gasteiger partial charge in [-0.1, -0.05) is 39.3 Å². The van der Waals surface area contributed by atoms with E-state index < -0.39 is 6.04 Å². The third-order valence-electron chi connectivity index (χ3n) is 4.12. The van der Waals surface area contributed by atoms with Crippen LogP contribution in [0.25, 0.3) is 0 Å². The summed E-state index contributed by atoms with van der Waals surface area (Å²) in [6.45, 7) is 9.25. The standard InChI is InChI=1S/C19H27ClN2O3/c1-12(2)11-25-16-8-7-14(10-15(16)20)21-19(24)18(13(3)4)22-9-5-6-17(22)23/h7-8,10,12-13,18H,5-6,9,11H2,1-4H3,(H,21,24)/t18-/m1/s1. The van der Waals surface area contributed by atoms with Crippen LogP contribution in [0.2, 0.25) is 5.02 Å². The molecule has 1 N–H and O–H groups in total. The van der Waals surface area contributed by atoms with Gasteiger partial charge in [-0.15, -0.1) is 0 Å². The zero-order valence-corrected chi connectivity index (χ0v) is 16.1. The van der Waals surface area contributed by atoms with E-state index in [-0.39, 0.29) is 17.7 Å². The van der Waals surface area contributed by atoms with Gasteiger partial charge < -0.3 is 15.0 Å². The van der Waals surface area contributed by atoms with Crippen LogP contribution in [0.4, 0.5) is 5.69 Å². The van der Waals surface area contributed by atoms with Crippen LogP contribution in [0.5, 0.6) is 5.75 Å². The molecule has 1 atom stereocenters. The Morgan fingerprint density at radius 1 is 1.32 bits per heavy atom. The molecule has 0 saturated carbocycles. The van der Waals surface area contributed by atoms with Crippen LogP contribution in [-0.2, 0) is 9.59 Å².